The highest BCUT2D eigenvalue weighted by Crippen LogP contribution is 2.13. The summed E-state index contributed by atoms with van der Waals surface area (Å²) in [5, 5.41) is 0. The number of amides is 2. The van der Waals surface area contributed by atoms with Crippen LogP contribution < -0.4 is 0 Å². The number of carbonyl (C=O) groups excluding carboxylic acids is 2. The van der Waals surface area contributed by atoms with Crippen LogP contribution in [0.2, 0.25) is 0 Å². The maximum Gasteiger partial charge on any atom is 0.417 e. The first kappa shape index (κ1) is 15.1. The van der Waals surface area contributed by atoms with E-state index in [1.807, 2.05) is 0 Å². The van der Waals surface area contributed by atoms with E-state index in [0.29, 0.717) is 4.90 Å². The van der Waals surface area contributed by atoms with Crippen molar-refractivity contribution in [3.05, 3.63) is 0 Å². The minimum absolute atomic E-state index is 0.232. The molecule has 0 spiro atoms. The van der Waals surface area contributed by atoms with Crippen LogP contribution in [0.3, 0.4) is 0 Å². The van der Waals surface area contributed by atoms with E-state index in [9.17, 15) is 9.59 Å². The molecule has 0 heterocycles. The van der Waals surface area contributed by atoms with Crippen molar-refractivity contribution in [1.82, 2.24) is 4.90 Å². The molecule has 0 radical (unpaired) electrons. The molecular weight excluding hydrogens is 253 g/mol. The van der Waals surface area contributed by atoms with E-state index in [-0.39, 0.29) is 6.54 Å². The van der Waals surface area contributed by atoms with Crippen LogP contribution in [-0.2, 0) is 9.53 Å². The standard InChI is InChI=1S/C10H13Cl2NO3/c1-5-6-13(8(14)7(11)12)9(15)16-10(2,3)4/h1,7H,6H2,2-4H3. The first-order chi connectivity index (χ1) is 7.19. The Kier molecular flexibility index (Phi) is 5.63. The summed E-state index contributed by atoms with van der Waals surface area (Å²) in [5.41, 5.74) is -0.724. The van der Waals surface area contributed by atoms with Crippen LogP contribution in [0.4, 0.5) is 4.79 Å². The molecule has 0 bridgehead atoms. The number of ether oxygens (including phenoxy) is 1. The summed E-state index contributed by atoms with van der Waals surface area (Å²) in [6.45, 7) is 4.77. The molecule has 0 aliphatic rings. The van der Waals surface area contributed by atoms with Crippen molar-refractivity contribution >= 4 is 35.2 Å². The molecular formula is C10H13Cl2NO3. The second-order valence-electron chi connectivity index (χ2n) is 3.91. The Morgan fingerprint density at radius 2 is 1.94 bits per heavy atom. The molecule has 0 aromatic carbocycles. The highest BCUT2D eigenvalue weighted by molar-refractivity contribution is 6.53. The van der Waals surface area contributed by atoms with Gasteiger partial charge in [0.1, 0.15) is 5.60 Å². The van der Waals surface area contributed by atoms with Crippen LogP contribution in [0.15, 0.2) is 0 Å². The van der Waals surface area contributed by atoms with Gasteiger partial charge in [0.05, 0.1) is 6.54 Å². The SMILES string of the molecule is C#CCN(C(=O)OC(C)(C)C)C(=O)C(Cl)Cl. The number of alkyl halides is 2. The molecule has 90 valence electrons. The lowest BCUT2D eigenvalue weighted by molar-refractivity contribution is -0.127. The quantitative estimate of drug-likeness (QED) is 0.568. The summed E-state index contributed by atoms with van der Waals surface area (Å²) in [7, 11) is 0. The zero-order chi connectivity index (χ0) is 12.9. The summed E-state index contributed by atoms with van der Waals surface area (Å²) in [5.74, 6) is 1.36. The van der Waals surface area contributed by atoms with Gasteiger partial charge in [0.2, 0.25) is 0 Å². The number of carbonyl (C=O) groups is 2. The van der Waals surface area contributed by atoms with Crippen molar-refractivity contribution in [3.63, 3.8) is 0 Å². The molecule has 0 saturated carbocycles. The highest BCUT2D eigenvalue weighted by atomic mass is 35.5. The van der Waals surface area contributed by atoms with Crippen molar-refractivity contribution in [2.24, 2.45) is 0 Å². The molecule has 0 aliphatic heterocycles. The van der Waals surface area contributed by atoms with Crippen LogP contribution in [0.5, 0.6) is 0 Å². The third-order valence-corrected chi connectivity index (χ3v) is 1.69. The number of nitrogens with zero attached hydrogens (tertiary/aromatic N) is 1. The number of rotatable bonds is 2. The van der Waals surface area contributed by atoms with E-state index in [4.69, 9.17) is 34.4 Å². The first-order valence-corrected chi connectivity index (χ1v) is 5.32. The van der Waals surface area contributed by atoms with E-state index in [0.717, 1.165) is 0 Å². The zero-order valence-corrected chi connectivity index (χ0v) is 10.8. The van der Waals surface area contributed by atoms with Gasteiger partial charge in [0, 0.05) is 0 Å². The second-order valence-corrected chi connectivity index (χ2v) is 5.01. The van der Waals surface area contributed by atoms with E-state index in [2.05, 4.69) is 5.92 Å². The Bertz CT molecular complexity index is 315. The molecule has 0 fully saturated rings. The third-order valence-electron chi connectivity index (χ3n) is 1.32. The third kappa shape index (κ3) is 5.24. The number of halogens is 2. The van der Waals surface area contributed by atoms with Crippen LogP contribution >= 0.6 is 23.2 Å². The number of imide groups is 1. The lowest BCUT2D eigenvalue weighted by atomic mass is 10.2. The molecule has 0 N–H and O–H groups in total. The van der Waals surface area contributed by atoms with Gasteiger partial charge in [0.25, 0.3) is 5.91 Å². The summed E-state index contributed by atoms with van der Waals surface area (Å²) < 4.78 is 4.98. The highest BCUT2D eigenvalue weighted by Gasteiger charge is 2.29. The van der Waals surface area contributed by atoms with Gasteiger partial charge < -0.3 is 4.74 Å². The fourth-order valence-electron chi connectivity index (χ4n) is 0.759. The fraction of sp³-hybridized carbons (Fsp3) is 0.600. The van der Waals surface area contributed by atoms with Crippen molar-refractivity contribution in [2.45, 2.75) is 31.2 Å². The molecule has 4 nitrogen and oxygen atoms in total. The van der Waals surface area contributed by atoms with Crippen LogP contribution in [0, 0.1) is 12.3 Å². The van der Waals surface area contributed by atoms with Crippen molar-refractivity contribution < 1.29 is 14.3 Å². The fourth-order valence-corrected chi connectivity index (χ4v) is 0.994. The zero-order valence-electron chi connectivity index (χ0n) is 9.29. The van der Waals surface area contributed by atoms with E-state index >= 15 is 0 Å². The van der Waals surface area contributed by atoms with Crippen molar-refractivity contribution in [2.75, 3.05) is 6.54 Å². The maximum absolute atomic E-state index is 11.6. The first-order valence-electron chi connectivity index (χ1n) is 4.45. The van der Waals surface area contributed by atoms with Gasteiger partial charge >= 0.3 is 6.09 Å². The van der Waals surface area contributed by atoms with Gasteiger partial charge in [-0.25, -0.2) is 9.69 Å². The van der Waals surface area contributed by atoms with Gasteiger partial charge in [-0.1, -0.05) is 29.1 Å². The van der Waals surface area contributed by atoms with Gasteiger partial charge in [-0.05, 0) is 20.8 Å². The Morgan fingerprint density at radius 3 is 2.25 bits per heavy atom. The maximum atomic E-state index is 11.6. The van der Waals surface area contributed by atoms with E-state index < -0.39 is 22.4 Å². The average Bonchev–Trinajstić information content (AvgIpc) is 2.09. The van der Waals surface area contributed by atoms with Crippen molar-refractivity contribution in [1.29, 1.82) is 0 Å². The molecule has 0 aromatic heterocycles. The van der Waals surface area contributed by atoms with E-state index in [1.165, 1.54) is 0 Å². The molecule has 0 aromatic rings. The molecule has 0 rings (SSSR count). The number of hydrogen-bond acceptors (Lipinski definition) is 3. The van der Waals surface area contributed by atoms with Gasteiger partial charge in [-0.3, -0.25) is 4.79 Å². The lowest BCUT2D eigenvalue weighted by Crippen LogP contribution is -2.43. The minimum atomic E-state index is -1.35. The summed E-state index contributed by atoms with van der Waals surface area (Å²) in [6.07, 6.45) is 4.17. The Morgan fingerprint density at radius 1 is 1.44 bits per heavy atom. The predicted molar refractivity (Wildman–Crippen MR) is 62.3 cm³/mol. The predicted octanol–water partition coefficient (Wildman–Crippen LogP) is 2.19. The Labute approximate surface area is 105 Å². The second kappa shape index (κ2) is 5.97. The minimum Gasteiger partial charge on any atom is -0.443 e. The number of terminal acetylenes is 1. The van der Waals surface area contributed by atoms with Gasteiger partial charge in [-0.2, -0.15) is 0 Å². The van der Waals surface area contributed by atoms with Crippen molar-refractivity contribution in [3.8, 4) is 12.3 Å². The molecule has 0 atom stereocenters. The smallest absolute Gasteiger partial charge is 0.417 e. The monoisotopic (exact) mass is 265 g/mol. The summed E-state index contributed by atoms with van der Waals surface area (Å²) >= 11 is 10.7. The molecule has 6 heteroatoms. The molecule has 0 saturated heterocycles. The summed E-state index contributed by atoms with van der Waals surface area (Å²) in [4.78, 5) is 22.3. The normalized spacial score (nSPS) is 10.8. The van der Waals surface area contributed by atoms with Crippen LogP contribution in [0.25, 0.3) is 0 Å². The Hall–Kier alpha value is -0.920. The van der Waals surface area contributed by atoms with Crippen LogP contribution in [0.1, 0.15) is 20.8 Å². The number of hydrogen-bond donors (Lipinski definition) is 0. The molecule has 0 aliphatic carbocycles. The Balaban J connectivity index is 4.74. The van der Waals surface area contributed by atoms with E-state index in [1.54, 1.807) is 20.8 Å². The summed E-state index contributed by atoms with van der Waals surface area (Å²) in [6, 6.07) is 0. The lowest BCUT2D eigenvalue weighted by Gasteiger charge is -2.25. The van der Waals surface area contributed by atoms with Gasteiger partial charge in [-0.15, -0.1) is 6.42 Å². The molecule has 16 heavy (non-hydrogen) atoms. The molecule has 0 unspecified atom stereocenters. The van der Waals surface area contributed by atoms with Gasteiger partial charge in [0.15, 0.2) is 4.84 Å². The van der Waals surface area contributed by atoms with Crippen LogP contribution in [-0.4, -0.2) is 33.9 Å². The average molecular weight is 266 g/mol. The largest absolute Gasteiger partial charge is 0.443 e. The topological polar surface area (TPSA) is 46.6 Å². The molecule has 2 amide bonds.